The summed E-state index contributed by atoms with van der Waals surface area (Å²) >= 11 is 1.36. The van der Waals surface area contributed by atoms with Crippen molar-refractivity contribution in [3.8, 4) is 0 Å². The minimum Gasteiger partial charge on any atom is -0.397 e. The molecule has 1 unspecified atom stereocenters. The Hall–Kier alpha value is -1.60. The van der Waals surface area contributed by atoms with Gasteiger partial charge in [-0.3, -0.25) is 9.48 Å². The molecule has 104 valence electrons. The Kier molecular flexibility index (Phi) is 3.77. The molecule has 2 aromatic rings. The number of hydrogen-bond donors (Lipinski definition) is 2. The SMILES string of the molecule is COC(C)CNC(=O)c1sc2c(c(C)nn2C)c1N. The predicted molar refractivity (Wildman–Crippen MR) is 76.5 cm³/mol. The second-order valence-electron chi connectivity index (χ2n) is 4.49. The quantitative estimate of drug-likeness (QED) is 0.885. The van der Waals surface area contributed by atoms with Crippen LogP contribution in [0.3, 0.4) is 0 Å². The maximum absolute atomic E-state index is 12.1. The van der Waals surface area contributed by atoms with Gasteiger partial charge in [-0.15, -0.1) is 11.3 Å². The lowest BCUT2D eigenvalue weighted by atomic mass is 10.2. The highest BCUT2D eigenvalue weighted by Crippen LogP contribution is 2.35. The molecule has 0 aliphatic heterocycles. The third kappa shape index (κ3) is 2.43. The third-order valence-corrected chi connectivity index (χ3v) is 4.31. The van der Waals surface area contributed by atoms with E-state index in [0.717, 1.165) is 15.9 Å². The van der Waals surface area contributed by atoms with Crippen LogP contribution in [0.5, 0.6) is 0 Å². The summed E-state index contributed by atoms with van der Waals surface area (Å²) in [6.45, 7) is 4.24. The maximum Gasteiger partial charge on any atom is 0.263 e. The first-order chi connectivity index (χ1) is 8.95. The Labute approximate surface area is 115 Å². The van der Waals surface area contributed by atoms with Crippen molar-refractivity contribution in [2.45, 2.75) is 20.0 Å². The highest BCUT2D eigenvalue weighted by molar-refractivity contribution is 7.21. The van der Waals surface area contributed by atoms with Crippen molar-refractivity contribution in [1.29, 1.82) is 0 Å². The van der Waals surface area contributed by atoms with Gasteiger partial charge in [-0.25, -0.2) is 0 Å². The van der Waals surface area contributed by atoms with Crippen molar-refractivity contribution in [2.75, 3.05) is 19.4 Å². The Morgan fingerprint density at radius 2 is 2.32 bits per heavy atom. The number of nitrogens with one attached hydrogen (secondary N) is 1. The largest absolute Gasteiger partial charge is 0.397 e. The number of thiophene rings is 1. The number of nitrogens with zero attached hydrogens (tertiary/aromatic N) is 2. The fourth-order valence-corrected chi connectivity index (χ4v) is 3.00. The molecule has 2 aromatic heterocycles. The number of methoxy groups -OCH3 is 1. The highest BCUT2D eigenvalue weighted by Gasteiger charge is 2.20. The van der Waals surface area contributed by atoms with Gasteiger partial charge in [-0.05, 0) is 13.8 Å². The molecule has 2 heterocycles. The second-order valence-corrected chi connectivity index (χ2v) is 5.49. The standard InChI is InChI=1S/C12H18N4O2S/c1-6(18-4)5-14-11(17)10-9(13)8-7(2)15-16(3)12(8)19-10/h6H,5,13H2,1-4H3,(H,14,17). The van der Waals surface area contributed by atoms with Crippen molar-refractivity contribution in [3.63, 3.8) is 0 Å². The summed E-state index contributed by atoms with van der Waals surface area (Å²) in [4.78, 5) is 13.6. The summed E-state index contributed by atoms with van der Waals surface area (Å²) in [5, 5.41) is 7.98. The van der Waals surface area contributed by atoms with Gasteiger partial charge in [0.2, 0.25) is 0 Å². The van der Waals surface area contributed by atoms with Gasteiger partial charge in [0.15, 0.2) is 0 Å². The van der Waals surface area contributed by atoms with Crippen LogP contribution >= 0.6 is 11.3 Å². The fourth-order valence-electron chi connectivity index (χ4n) is 1.90. The van der Waals surface area contributed by atoms with Crippen LogP contribution in [0, 0.1) is 6.92 Å². The summed E-state index contributed by atoms with van der Waals surface area (Å²) < 4.78 is 6.84. The van der Waals surface area contributed by atoms with Crippen molar-refractivity contribution in [2.24, 2.45) is 7.05 Å². The molecule has 1 amide bonds. The van der Waals surface area contributed by atoms with Crippen LogP contribution in [0.4, 0.5) is 5.69 Å². The Bertz CT molecular complexity index is 617. The van der Waals surface area contributed by atoms with Crippen molar-refractivity contribution < 1.29 is 9.53 Å². The maximum atomic E-state index is 12.1. The van der Waals surface area contributed by atoms with E-state index in [1.165, 1.54) is 11.3 Å². The highest BCUT2D eigenvalue weighted by atomic mass is 32.1. The molecule has 19 heavy (non-hydrogen) atoms. The molecule has 0 aliphatic carbocycles. The molecule has 1 atom stereocenters. The van der Waals surface area contributed by atoms with E-state index in [-0.39, 0.29) is 12.0 Å². The van der Waals surface area contributed by atoms with Crippen molar-refractivity contribution in [3.05, 3.63) is 10.6 Å². The van der Waals surface area contributed by atoms with Crippen LogP contribution in [0.2, 0.25) is 0 Å². The lowest BCUT2D eigenvalue weighted by molar-refractivity contribution is 0.0874. The molecular weight excluding hydrogens is 264 g/mol. The van der Waals surface area contributed by atoms with E-state index in [4.69, 9.17) is 10.5 Å². The molecule has 0 radical (unpaired) electrons. The molecule has 0 bridgehead atoms. The van der Waals surface area contributed by atoms with Crippen LogP contribution < -0.4 is 11.1 Å². The minimum atomic E-state index is -0.165. The van der Waals surface area contributed by atoms with E-state index < -0.39 is 0 Å². The van der Waals surface area contributed by atoms with Crippen LogP contribution in [-0.4, -0.2) is 35.4 Å². The van der Waals surface area contributed by atoms with Gasteiger partial charge >= 0.3 is 0 Å². The van der Waals surface area contributed by atoms with Crippen molar-refractivity contribution in [1.82, 2.24) is 15.1 Å². The van der Waals surface area contributed by atoms with Gasteiger partial charge < -0.3 is 15.8 Å². The summed E-state index contributed by atoms with van der Waals surface area (Å²) in [7, 11) is 3.46. The molecule has 2 rings (SSSR count). The number of anilines is 1. The van der Waals surface area contributed by atoms with Gasteiger partial charge in [0, 0.05) is 20.7 Å². The van der Waals surface area contributed by atoms with Crippen molar-refractivity contribution >= 4 is 33.1 Å². The van der Waals surface area contributed by atoms with Gasteiger partial charge in [0.05, 0.1) is 22.9 Å². The third-order valence-electron chi connectivity index (χ3n) is 3.04. The van der Waals surface area contributed by atoms with E-state index in [0.29, 0.717) is 17.1 Å². The Balaban J connectivity index is 2.28. The number of carbonyl (C=O) groups excluding carboxylic acids is 1. The monoisotopic (exact) mass is 282 g/mol. The molecular formula is C12H18N4O2S. The molecule has 0 spiro atoms. The summed E-state index contributed by atoms with van der Waals surface area (Å²) in [6, 6.07) is 0. The van der Waals surface area contributed by atoms with E-state index in [1.54, 1.807) is 11.8 Å². The van der Waals surface area contributed by atoms with Crippen LogP contribution in [-0.2, 0) is 11.8 Å². The van der Waals surface area contributed by atoms with E-state index in [1.807, 2.05) is 20.9 Å². The summed E-state index contributed by atoms with van der Waals surface area (Å²) in [5.41, 5.74) is 7.41. The molecule has 0 saturated heterocycles. The zero-order chi connectivity index (χ0) is 14.2. The number of ether oxygens (including phenoxy) is 1. The predicted octanol–water partition coefficient (Wildman–Crippen LogP) is 1.29. The number of nitrogen functional groups attached to an aromatic ring is 1. The Morgan fingerprint density at radius 3 is 2.89 bits per heavy atom. The lowest BCUT2D eigenvalue weighted by Crippen LogP contribution is -2.31. The molecule has 6 nitrogen and oxygen atoms in total. The number of carbonyl (C=O) groups is 1. The van der Waals surface area contributed by atoms with Gasteiger partial charge in [0.1, 0.15) is 9.71 Å². The van der Waals surface area contributed by atoms with Crippen LogP contribution in [0.1, 0.15) is 22.3 Å². The average Bonchev–Trinajstić information content (AvgIpc) is 2.86. The van der Waals surface area contributed by atoms with E-state index >= 15 is 0 Å². The molecule has 0 fully saturated rings. The Morgan fingerprint density at radius 1 is 1.63 bits per heavy atom. The molecule has 0 aliphatic rings. The van der Waals surface area contributed by atoms with Gasteiger partial charge in [-0.1, -0.05) is 0 Å². The minimum absolute atomic E-state index is 0.0250. The van der Waals surface area contributed by atoms with Crippen LogP contribution in [0.15, 0.2) is 0 Å². The number of amides is 1. The number of nitrogens with two attached hydrogens (primary N) is 1. The fraction of sp³-hybridized carbons (Fsp3) is 0.500. The summed E-state index contributed by atoms with van der Waals surface area (Å²) in [5.74, 6) is -0.165. The number of aryl methyl sites for hydroxylation is 2. The molecule has 0 saturated carbocycles. The average molecular weight is 282 g/mol. The van der Waals surface area contributed by atoms with E-state index in [9.17, 15) is 4.79 Å². The van der Waals surface area contributed by atoms with Gasteiger partial charge in [-0.2, -0.15) is 5.10 Å². The number of aromatic nitrogens is 2. The zero-order valence-corrected chi connectivity index (χ0v) is 12.3. The van der Waals surface area contributed by atoms with Gasteiger partial charge in [0.25, 0.3) is 5.91 Å². The molecule has 3 N–H and O–H groups in total. The van der Waals surface area contributed by atoms with Crippen LogP contribution in [0.25, 0.3) is 10.2 Å². The van der Waals surface area contributed by atoms with E-state index in [2.05, 4.69) is 10.4 Å². The molecule has 7 heteroatoms. The second kappa shape index (κ2) is 5.18. The first kappa shape index (κ1) is 13.8. The first-order valence-electron chi connectivity index (χ1n) is 5.98. The number of rotatable bonds is 4. The smallest absolute Gasteiger partial charge is 0.263 e. The normalized spacial score (nSPS) is 12.8. The number of hydrogen-bond acceptors (Lipinski definition) is 5. The zero-order valence-electron chi connectivity index (χ0n) is 11.5. The lowest BCUT2D eigenvalue weighted by Gasteiger charge is -2.10. The first-order valence-corrected chi connectivity index (χ1v) is 6.80. The number of fused-ring (bicyclic) bond motifs is 1. The summed E-state index contributed by atoms with van der Waals surface area (Å²) in [6.07, 6.45) is -0.0250. The topological polar surface area (TPSA) is 82.2 Å². The molecule has 0 aromatic carbocycles.